The number of nitrogens with one attached hydrogen (secondary N) is 2. The van der Waals surface area contributed by atoms with Crippen LogP contribution in [0.4, 0.5) is 0 Å². The summed E-state index contributed by atoms with van der Waals surface area (Å²) in [5, 5.41) is 5.84. The molecule has 0 spiro atoms. The highest BCUT2D eigenvalue weighted by Gasteiger charge is 2.55. The van der Waals surface area contributed by atoms with E-state index in [4.69, 9.17) is 14.2 Å². The standard InChI is InChI=1S/C16H21N3O5/c1-8(20)17-13-12(9-6-7-24-14(9)13)19-15(21)10-4-5-11(22-2)18-16(10)23-3/h4-5,9,12-14H,6-7H2,1-3H3,(H,17,20)(H,19,21)/t9-,12+,13-,14-/m1/s1. The molecular weight excluding hydrogens is 314 g/mol. The summed E-state index contributed by atoms with van der Waals surface area (Å²) in [6.07, 6.45) is 0.832. The molecule has 3 rings (SSSR count). The predicted octanol–water partition coefficient (Wildman–Crippen LogP) is 0.121. The Morgan fingerprint density at radius 3 is 2.67 bits per heavy atom. The fourth-order valence-electron chi connectivity index (χ4n) is 3.41. The Bertz CT molecular complexity index is 651. The summed E-state index contributed by atoms with van der Waals surface area (Å²) >= 11 is 0. The van der Waals surface area contributed by atoms with Gasteiger partial charge in [-0.1, -0.05) is 0 Å². The zero-order chi connectivity index (χ0) is 17.3. The summed E-state index contributed by atoms with van der Waals surface area (Å²) in [5.74, 6) is 0.335. The fourth-order valence-corrected chi connectivity index (χ4v) is 3.41. The second-order valence-corrected chi connectivity index (χ2v) is 5.92. The third-order valence-electron chi connectivity index (χ3n) is 4.54. The van der Waals surface area contributed by atoms with Gasteiger partial charge in [0.1, 0.15) is 5.56 Å². The summed E-state index contributed by atoms with van der Waals surface area (Å²) in [5.41, 5.74) is 0.322. The number of carbonyl (C=O) groups is 2. The Hall–Kier alpha value is -2.35. The number of amides is 2. The van der Waals surface area contributed by atoms with Gasteiger partial charge in [-0.2, -0.15) is 4.98 Å². The van der Waals surface area contributed by atoms with Gasteiger partial charge in [-0.15, -0.1) is 0 Å². The van der Waals surface area contributed by atoms with Crippen molar-refractivity contribution in [3.63, 3.8) is 0 Å². The number of methoxy groups -OCH3 is 2. The number of carbonyl (C=O) groups excluding carboxylic acids is 2. The van der Waals surface area contributed by atoms with Crippen molar-refractivity contribution in [1.29, 1.82) is 0 Å². The number of hydrogen-bond acceptors (Lipinski definition) is 6. The van der Waals surface area contributed by atoms with Gasteiger partial charge in [-0.25, -0.2) is 0 Å². The maximum atomic E-state index is 12.6. The largest absolute Gasteiger partial charge is 0.481 e. The fraction of sp³-hybridized carbons (Fsp3) is 0.562. The number of rotatable bonds is 5. The minimum Gasteiger partial charge on any atom is -0.481 e. The van der Waals surface area contributed by atoms with Crippen LogP contribution in [-0.2, 0) is 9.53 Å². The minimum atomic E-state index is -0.298. The Morgan fingerprint density at radius 2 is 2.00 bits per heavy atom. The molecule has 8 heteroatoms. The van der Waals surface area contributed by atoms with E-state index in [1.54, 1.807) is 12.1 Å². The highest BCUT2D eigenvalue weighted by Crippen LogP contribution is 2.39. The van der Waals surface area contributed by atoms with Gasteiger partial charge < -0.3 is 24.8 Å². The second kappa shape index (κ2) is 6.64. The van der Waals surface area contributed by atoms with Gasteiger partial charge in [-0.3, -0.25) is 9.59 Å². The number of ether oxygens (including phenoxy) is 3. The first-order valence-corrected chi connectivity index (χ1v) is 7.83. The van der Waals surface area contributed by atoms with E-state index in [0.717, 1.165) is 6.42 Å². The first-order chi connectivity index (χ1) is 11.5. The first-order valence-electron chi connectivity index (χ1n) is 7.83. The molecule has 2 aliphatic rings. The lowest BCUT2D eigenvalue weighted by Crippen LogP contribution is -2.70. The van der Waals surface area contributed by atoms with Gasteiger partial charge in [-0.05, 0) is 12.5 Å². The molecule has 0 unspecified atom stereocenters. The summed E-state index contributed by atoms with van der Waals surface area (Å²) in [7, 11) is 2.94. The van der Waals surface area contributed by atoms with E-state index >= 15 is 0 Å². The molecule has 8 nitrogen and oxygen atoms in total. The minimum absolute atomic E-state index is 0.0323. The van der Waals surface area contributed by atoms with Crippen LogP contribution in [0.15, 0.2) is 12.1 Å². The van der Waals surface area contributed by atoms with Crippen LogP contribution in [-0.4, -0.2) is 55.8 Å². The molecule has 130 valence electrons. The lowest BCUT2D eigenvalue weighted by molar-refractivity contribution is -0.123. The van der Waals surface area contributed by atoms with E-state index in [-0.39, 0.29) is 41.8 Å². The van der Waals surface area contributed by atoms with E-state index in [1.165, 1.54) is 21.1 Å². The quantitative estimate of drug-likeness (QED) is 0.793. The monoisotopic (exact) mass is 335 g/mol. The molecule has 1 aliphatic heterocycles. The van der Waals surface area contributed by atoms with Crippen LogP contribution in [0.2, 0.25) is 0 Å². The first kappa shape index (κ1) is 16.5. The molecule has 0 radical (unpaired) electrons. The van der Waals surface area contributed by atoms with Gasteiger partial charge in [0.15, 0.2) is 0 Å². The van der Waals surface area contributed by atoms with Crippen molar-refractivity contribution in [2.24, 2.45) is 5.92 Å². The van der Waals surface area contributed by atoms with Crippen molar-refractivity contribution in [3.8, 4) is 11.8 Å². The van der Waals surface area contributed by atoms with Crippen molar-refractivity contribution in [3.05, 3.63) is 17.7 Å². The number of fused-ring (bicyclic) bond motifs is 1. The van der Waals surface area contributed by atoms with Crippen LogP contribution in [0.5, 0.6) is 11.8 Å². The highest BCUT2D eigenvalue weighted by atomic mass is 16.5. The van der Waals surface area contributed by atoms with Crippen LogP contribution in [0.3, 0.4) is 0 Å². The van der Waals surface area contributed by atoms with Crippen LogP contribution < -0.4 is 20.1 Å². The maximum absolute atomic E-state index is 12.6. The molecule has 2 fully saturated rings. The Morgan fingerprint density at radius 1 is 1.21 bits per heavy atom. The Balaban J connectivity index is 1.75. The van der Waals surface area contributed by atoms with E-state index in [2.05, 4.69) is 15.6 Å². The second-order valence-electron chi connectivity index (χ2n) is 5.92. The summed E-state index contributed by atoms with van der Waals surface area (Å²) < 4.78 is 15.8. The average Bonchev–Trinajstić information content (AvgIpc) is 3.01. The van der Waals surface area contributed by atoms with Crippen molar-refractivity contribution >= 4 is 11.8 Å². The molecule has 1 saturated carbocycles. The Labute approximate surface area is 139 Å². The number of nitrogens with zero attached hydrogens (tertiary/aromatic N) is 1. The highest BCUT2D eigenvalue weighted by molar-refractivity contribution is 5.96. The van der Waals surface area contributed by atoms with Crippen molar-refractivity contribution < 1.29 is 23.8 Å². The summed E-state index contributed by atoms with van der Waals surface area (Å²) in [6, 6.07) is 2.83. The van der Waals surface area contributed by atoms with E-state index in [0.29, 0.717) is 18.1 Å². The van der Waals surface area contributed by atoms with Crippen molar-refractivity contribution in [2.75, 3.05) is 20.8 Å². The molecule has 1 aromatic heterocycles. The SMILES string of the molecule is COc1ccc(C(=O)N[C@H]2[C@H]3CCO[C@H]3[C@@H]2NC(C)=O)c(OC)n1. The van der Waals surface area contributed by atoms with E-state index < -0.39 is 0 Å². The lowest BCUT2D eigenvalue weighted by Gasteiger charge is -2.47. The Kier molecular flexibility index (Phi) is 4.57. The summed E-state index contributed by atoms with van der Waals surface area (Å²) in [4.78, 5) is 28.1. The summed E-state index contributed by atoms with van der Waals surface area (Å²) in [6.45, 7) is 2.10. The van der Waals surface area contributed by atoms with Gasteiger partial charge in [0.25, 0.3) is 5.91 Å². The number of hydrogen-bond donors (Lipinski definition) is 2. The van der Waals surface area contributed by atoms with Crippen LogP contribution in [0, 0.1) is 5.92 Å². The molecule has 0 aromatic carbocycles. The predicted molar refractivity (Wildman–Crippen MR) is 84.0 cm³/mol. The topological polar surface area (TPSA) is 98.8 Å². The van der Waals surface area contributed by atoms with Crippen molar-refractivity contribution in [1.82, 2.24) is 15.6 Å². The molecule has 1 saturated heterocycles. The van der Waals surface area contributed by atoms with Crippen LogP contribution >= 0.6 is 0 Å². The molecule has 2 heterocycles. The third-order valence-corrected chi connectivity index (χ3v) is 4.54. The molecular formula is C16H21N3O5. The maximum Gasteiger partial charge on any atom is 0.257 e. The zero-order valence-electron chi connectivity index (χ0n) is 13.9. The lowest BCUT2D eigenvalue weighted by atomic mass is 9.71. The van der Waals surface area contributed by atoms with Crippen molar-refractivity contribution in [2.45, 2.75) is 31.5 Å². The van der Waals surface area contributed by atoms with E-state index in [9.17, 15) is 9.59 Å². The van der Waals surface area contributed by atoms with Gasteiger partial charge in [0, 0.05) is 25.5 Å². The molecule has 0 bridgehead atoms. The van der Waals surface area contributed by atoms with Gasteiger partial charge >= 0.3 is 0 Å². The van der Waals surface area contributed by atoms with Crippen LogP contribution in [0.1, 0.15) is 23.7 Å². The molecule has 24 heavy (non-hydrogen) atoms. The average molecular weight is 335 g/mol. The normalized spacial score (nSPS) is 27.6. The number of aromatic nitrogens is 1. The third kappa shape index (κ3) is 2.89. The van der Waals surface area contributed by atoms with Crippen LogP contribution in [0.25, 0.3) is 0 Å². The zero-order valence-corrected chi connectivity index (χ0v) is 13.9. The van der Waals surface area contributed by atoms with E-state index in [1.807, 2.05) is 0 Å². The smallest absolute Gasteiger partial charge is 0.257 e. The number of pyridine rings is 1. The molecule has 1 aliphatic carbocycles. The van der Waals surface area contributed by atoms with Gasteiger partial charge in [0.2, 0.25) is 17.7 Å². The molecule has 2 N–H and O–H groups in total. The molecule has 4 atom stereocenters. The molecule has 2 amide bonds. The van der Waals surface area contributed by atoms with Gasteiger partial charge in [0.05, 0.1) is 32.4 Å². The molecule has 1 aromatic rings.